The van der Waals surface area contributed by atoms with E-state index in [0.717, 1.165) is 52.2 Å². The summed E-state index contributed by atoms with van der Waals surface area (Å²) in [5, 5.41) is 12.1. The zero-order chi connectivity index (χ0) is 17.2. The summed E-state index contributed by atoms with van der Waals surface area (Å²) >= 11 is 0. The normalized spacial score (nSPS) is 15.3. The Morgan fingerprint density at radius 3 is 2.88 bits per heavy atom. The minimum Gasteiger partial charge on any atom is -0.461 e. The second kappa shape index (κ2) is 6.68. The lowest BCUT2D eigenvalue weighted by Crippen LogP contribution is -2.12. The van der Waals surface area contributed by atoms with Crippen LogP contribution in [0.4, 0.5) is 5.69 Å². The van der Waals surface area contributed by atoms with Gasteiger partial charge in [0.15, 0.2) is 0 Å². The van der Waals surface area contributed by atoms with Crippen LogP contribution < -0.4 is 10.1 Å². The van der Waals surface area contributed by atoms with Gasteiger partial charge in [0.05, 0.1) is 12.1 Å². The van der Waals surface area contributed by atoms with E-state index >= 15 is 0 Å². The van der Waals surface area contributed by atoms with Crippen molar-refractivity contribution in [3.8, 4) is 17.4 Å². The minimum absolute atomic E-state index is 0.363. The zero-order valence-corrected chi connectivity index (χ0v) is 14.4. The second-order valence-electron chi connectivity index (χ2n) is 6.14. The Labute approximate surface area is 145 Å². The minimum atomic E-state index is 0.363. The van der Waals surface area contributed by atoms with Gasteiger partial charge in [-0.05, 0) is 44.0 Å². The van der Waals surface area contributed by atoms with Crippen molar-refractivity contribution in [3.05, 3.63) is 29.5 Å². The van der Waals surface area contributed by atoms with Crippen LogP contribution in [0.5, 0.6) is 6.01 Å². The summed E-state index contributed by atoms with van der Waals surface area (Å²) < 4.78 is 11.3. The van der Waals surface area contributed by atoms with Crippen LogP contribution in [-0.4, -0.2) is 46.5 Å². The SMILES string of the molecule is Cc1nc2nc(c1C)-c1n[nH]c3ccc(cc13)NCCCOCCO2. The van der Waals surface area contributed by atoms with Crippen molar-refractivity contribution in [2.24, 2.45) is 0 Å². The molecule has 1 aromatic carbocycles. The van der Waals surface area contributed by atoms with E-state index in [0.29, 0.717) is 25.8 Å². The van der Waals surface area contributed by atoms with Gasteiger partial charge in [0, 0.05) is 29.9 Å². The lowest BCUT2D eigenvalue weighted by Gasteiger charge is -2.10. The van der Waals surface area contributed by atoms with E-state index < -0.39 is 0 Å². The Hall–Kier alpha value is -2.67. The maximum Gasteiger partial charge on any atom is 0.317 e. The van der Waals surface area contributed by atoms with Gasteiger partial charge in [0.25, 0.3) is 0 Å². The molecule has 0 spiro atoms. The molecule has 1 aliphatic rings. The summed E-state index contributed by atoms with van der Waals surface area (Å²) in [4.78, 5) is 9.03. The number of ether oxygens (including phenoxy) is 2. The van der Waals surface area contributed by atoms with Gasteiger partial charge in [-0.2, -0.15) is 10.1 Å². The van der Waals surface area contributed by atoms with E-state index in [1.165, 1.54) is 0 Å². The maximum absolute atomic E-state index is 5.69. The van der Waals surface area contributed by atoms with Crippen LogP contribution >= 0.6 is 0 Å². The fourth-order valence-electron chi connectivity index (χ4n) is 2.90. The Bertz CT molecular complexity index is 906. The van der Waals surface area contributed by atoms with Crippen molar-refractivity contribution >= 4 is 16.6 Å². The van der Waals surface area contributed by atoms with Gasteiger partial charge >= 0.3 is 6.01 Å². The highest BCUT2D eigenvalue weighted by Gasteiger charge is 2.17. The molecule has 0 unspecified atom stereocenters. The lowest BCUT2D eigenvalue weighted by atomic mass is 10.1. The summed E-state index contributed by atoms with van der Waals surface area (Å²) in [7, 11) is 0. The van der Waals surface area contributed by atoms with E-state index in [2.05, 4.69) is 37.6 Å². The highest BCUT2D eigenvalue weighted by Crippen LogP contribution is 2.31. The number of anilines is 1. The number of hydrogen-bond donors (Lipinski definition) is 2. The van der Waals surface area contributed by atoms with Gasteiger partial charge in [0.1, 0.15) is 18.0 Å². The number of fused-ring (bicyclic) bond motifs is 4. The first-order valence-corrected chi connectivity index (χ1v) is 8.50. The number of aromatic nitrogens is 4. The Balaban J connectivity index is 1.86. The maximum atomic E-state index is 5.69. The molecule has 2 aromatic heterocycles. The van der Waals surface area contributed by atoms with E-state index in [4.69, 9.17) is 9.47 Å². The summed E-state index contributed by atoms with van der Waals surface area (Å²) in [5.74, 6) is 0. The van der Waals surface area contributed by atoms with Crippen LogP contribution in [0.15, 0.2) is 18.2 Å². The van der Waals surface area contributed by atoms with E-state index in [-0.39, 0.29) is 0 Å². The van der Waals surface area contributed by atoms with Crippen LogP contribution in [0.1, 0.15) is 17.7 Å². The standard InChI is InChI=1S/C18H21N5O2/c1-11-12(2)20-18-21-16(11)17-14-10-13(4-5-15(14)22-23-17)19-6-3-7-24-8-9-25-18/h4-5,10,19H,3,6-9H2,1-2H3,(H,22,23). The predicted octanol–water partition coefficient (Wildman–Crippen LogP) is 2.85. The molecule has 3 aromatic rings. The highest BCUT2D eigenvalue weighted by molar-refractivity contribution is 5.94. The molecule has 0 radical (unpaired) electrons. The number of benzene rings is 1. The number of H-pyrrole nitrogens is 1. The molecule has 4 bridgehead atoms. The number of nitrogens with zero attached hydrogens (tertiary/aromatic N) is 3. The molecule has 7 heteroatoms. The Kier molecular flexibility index (Phi) is 4.23. The average Bonchev–Trinajstić information content (AvgIpc) is 3.02. The average molecular weight is 339 g/mol. The number of nitrogens with one attached hydrogen (secondary N) is 2. The molecule has 7 nitrogen and oxygen atoms in total. The zero-order valence-electron chi connectivity index (χ0n) is 14.4. The van der Waals surface area contributed by atoms with Crippen LogP contribution in [0.3, 0.4) is 0 Å². The van der Waals surface area contributed by atoms with Gasteiger partial charge in [-0.3, -0.25) is 5.10 Å². The summed E-state index contributed by atoms with van der Waals surface area (Å²) in [6.45, 7) is 6.46. The highest BCUT2D eigenvalue weighted by atomic mass is 16.5. The Morgan fingerprint density at radius 2 is 1.96 bits per heavy atom. The molecule has 0 saturated heterocycles. The molecule has 0 fully saturated rings. The van der Waals surface area contributed by atoms with Crippen molar-refractivity contribution in [3.63, 3.8) is 0 Å². The molecule has 3 heterocycles. The van der Waals surface area contributed by atoms with Crippen molar-refractivity contribution in [1.82, 2.24) is 20.2 Å². The summed E-state index contributed by atoms with van der Waals surface area (Å²) in [6, 6.07) is 6.55. The first kappa shape index (κ1) is 15.8. The largest absolute Gasteiger partial charge is 0.461 e. The smallest absolute Gasteiger partial charge is 0.317 e. The molecule has 25 heavy (non-hydrogen) atoms. The molecular weight excluding hydrogens is 318 g/mol. The van der Waals surface area contributed by atoms with Crippen molar-refractivity contribution in [1.29, 1.82) is 0 Å². The van der Waals surface area contributed by atoms with Gasteiger partial charge < -0.3 is 14.8 Å². The molecule has 130 valence electrons. The van der Waals surface area contributed by atoms with Crippen LogP contribution in [-0.2, 0) is 4.74 Å². The topological polar surface area (TPSA) is 85.0 Å². The van der Waals surface area contributed by atoms with Crippen molar-refractivity contribution in [2.45, 2.75) is 20.3 Å². The molecule has 2 N–H and O–H groups in total. The van der Waals surface area contributed by atoms with Crippen LogP contribution in [0.2, 0.25) is 0 Å². The third-order valence-corrected chi connectivity index (χ3v) is 4.41. The fraction of sp³-hybridized carbons (Fsp3) is 0.389. The van der Waals surface area contributed by atoms with Gasteiger partial charge in [0.2, 0.25) is 0 Å². The van der Waals surface area contributed by atoms with Crippen LogP contribution in [0.25, 0.3) is 22.3 Å². The third kappa shape index (κ3) is 3.15. The van der Waals surface area contributed by atoms with Crippen molar-refractivity contribution < 1.29 is 9.47 Å². The van der Waals surface area contributed by atoms with Gasteiger partial charge in [-0.1, -0.05) is 0 Å². The molecule has 0 saturated carbocycles. The first-order valence-electron chi connectivity index (χ1n) is 8.50. The molecular formula is C18H21N5O2. The fourth-order valence-corrected chi connectivity index (χ4v) is 2.90. The van der Waals surface area contributed by atoms with Gasteiger partial charge in [-0.15, -0.1) is 0 Å². The van der Waals surface area contributed by atoms with E-state index in [9.17, 15) is 0 Å². The molecule has 1 aliphatic heterocycles. The number of rotatable bonds is 0. The summed E-state index contributed by atoms with van der Waals surface area (Å²) in [5.41, 5.74) is 5.53. The second-order valence-corrected chi connectivity index (χ2v) is 6.14. The number of aryl methyl sites for hydroxylation is 1. The number of hydrogen-bond acceptors (Lipinski definition) is 6. The van der Waals surface area contributed by atoms with Gasteiger partial charge in [-0.25, -0.2) is 4.98 Å². The van der Waals surface area contributed by atoms with Crippen LogP contribution in [0, 0.1) is 13.8 Å². The molecule has 0 amide bonds. The number of aromatic amines is 1. The quantitative estimate of drug-likeness (QED) is 0.655. The predicted molar refractivity (Wildman–Crippen MR) is 96.0 cm³/mol. The van der Waals surface area contributed by atoms with Crippen molar-refractivity contribution in [2.75, 3.05) is 31.7 Å². The summed E-state index contributed by atoms with van der Waals surface area (Å²) in [6.07, 6.45) is 0.929. The third-order valence-electron chi connectivity index (χ3n) is 4.41. The molecule has 0 atom stereocenters. The van der Waals surface area contributed by atoms with E-state index in [1.54, 1.807) is 0 Å². The molecule has 4 rings (SSSR count). The monoisotopic (exact) mass is 339 g/mol. The lowest BCUT2D eigenvalue weighted by molar-refractivity contribution is 0.0965. The first-order chi connectivity index (χ1) is 12.2. The van der Waals surface area contributed by atoms with E-state index in [1.807, 2.05) is 19.9 Å². The molecule has 0 aliphatic carbocycles. The Morgan fingerprint density at radius 1 is 1.04 bits per heavy atom.